The maximum Gasteiger partial charge on any atom is 0.134 e. The van der Waals surface area contributed by atoms with Gasteiger partial charge in [-0.05, 0) is 32.1 Å². The third kappa shape index (κ3) is 3.12. The lowest BCUT2D eigenvalue weighted by molar-refractivity contribution is 0.388. The van der Waals surface area contributed by atoms with Gasteiger partial charge in [0.1, 0.15) is 18.0 Å². The second-order valence-electron chi connectivity index (χ2n) is 5.37. The van der Waals surface area contributed by atoms with Crippen LogP contribution in [-0.2, 0) is 0 Å². The molecule has 18 heavy (non-hydrogen) atoms. The van der Waals surface area contributed by atoms with Crippen LogP contribution in [0.4, 0.5) is 11.6 Å². The van der Waals surface area contributed by atoms with Crippen molar-refractivity contribution < 1.29 is 0 Å². The molecular weight excluding hydrogens is 224 g/mol. The molecule has 0 radical (unpaired) electrons. The number of hydrogen-bond donors (Lipinski definition) is 1. The van der Waals surface area contributed by atoms with E-state index in [0.717, 1.165) is 37.1 Å². The molecule has 0 aromatic carbocycles. The fraction of sp³-hybridized carbons (Fsp3) is 0.714. The van der Waals surface area contributed by atoms with Gasteiger partial charge < -0.3 is 10.2 Å². The molecule has 0 bridgehead atoms. The number of rotatable bonds is 4. The Balaban J connectivity index is 2.11. The molecule has 2 atom stereocenters. The smallest absolute Gasteiger partial charge is 0.134 e. The van der Waals surface area contributed by atoms with Gasteiger partial charge in [0, 0.05) is 25.2 Å². The summed E-state index contributed by atoms with van der Waals surface area (Å²) >= 11 is 0. The van der Waals surface area contributed by atoms with Crippen molar-refractivity contribution in [3.05, 3.63) is 12.4 Å². The summed E-state index contributed by atoms with van der Waals surface area (Å²) in [6.45, 7) is 8.82. The van der Waals surface area contributed by atoms with E-state index in [-0.39, 0.29) is 0 Å². The molecule has 1 fully saturated rings. The molecule has 0 amide bonds. The van der Waals surface area contributed by atoms with E-state index < -0.39 is 0 Å². The molecule has 1 saturated heterocycles. The first-order valence-electron chi connectivity index (χ1n) is 7.03. The molecule has 1 aliphatic heterocycles. The fourth-order valence-electron chi connectivity index (χ4n) is 2.46. The van der Waals surface area contributed by atoms with Gasteiger partial charge in [0.25, 0.3) is 0 Å². The maximum atomic E-state index is 4.43. The minimum atomic E-state index is 0.579. The molecule has 2 unspecified atom stereocenters. The van der Waals surface area contributed by atoms with Gasteiger partial charge in [0.2, 0.25) is 0 Å². The third-order valence-electron chi connectivity index (χ3n) is 3.62. The number of piperidine rings is 1. The van der Waals surface area contributed by atoms with Crippen LogP contribution in [0, 0.1) is 5.92 Å². The van der Waals surface area contributed by atoms with Gasteiger partial charge in [-0.2, -0.15) is 0 Å². The Morgan fingerprint density at radius 3 is 2.94 bits per heavy atom. The number of anilines is 2. The molecule has 1 N–H and O–H groups in total. The van der Waals surface area contributed by atoms with Gasteiger partial charge in [-0.3, -0.25) is 0 Å². The molecule has 0 spiro atoms. The van der Waals surface area contributed by atoms with E-state index in [1.165, 1.54) is 12.8 Å². The summed E-state index contributed by atoms with van der Waals surface area (Å²) in [5, 5.41) is 3.32. The molecule has 100 valence electrons. The van der Waals surface area contributed by atoms with Gasteiger partial charge in [-0.25, -0.2) is 9.97 Å². The third-order valence-corrected chi connectivity index (χ3v) is 3.62. The number of aromatic nitrogens is 2. The summed E-state index contributed by atoms with van der Waals surface area (Å²) in [6.07, 6.45) is 5.35. The first-order chi connectivity index (χ1) is 8.70. The Morgan fingerprint density at radius 2 is 2.17 bits per heavy atom. The average molecular weight is 248 g/mol. The van der Waals surface area contributed by atoms with Crippen LogP contribution in [0.25, 0.3) is 0 Å². The van der Waals surface area contributed by atoms with E-state index in [0.29, 0.717) is 6.04 Å². The normalized spacial score (nSPS) is 24.1. The first kappa shape index (κ1) is 13.1. The van der Waals surface area contributed by atoms with Gasteiger partial charge in [-0.1, -0.05) is 13.8 Å². The number of nitrogens with zero attached hydrogens (tertiary/aromatic N) is 3. The van der Waals surface area contributed by atoms with Crippen molar-refractivity contribution in [2.75, 3.05) is 23.3 Å². The highest BCUT2D eigenvalue weighted by atomic mass is 15.2. The summed E-state index contributed by atoms with van der Waals surface area (Å²) in [5.41, 5.74) is 0. The highest BCUT2D eigenvalue weighted by Crippen LogP contribution is 2.26. The molecule has 2 heterocycles. The lowest BCUT2D eigenvalue weighted by Gasteiger charge is -2.37. The van der Waals surface area contributed by atoms with E-state index in [1.54, 1.807) is 6.33 Å². The summed E-state index contributed by atoms with van der Waals surface area (Å²) in [7, 11) is 0. The zero-order valence-corrected chi connectivity index (χ0v) is 11.7. The highest BCUT2D eigenvalue weighted by Gasteiger charge is 2.24. The van der Waals surface area contributed by atoms with Crippen molar-refractivity contribution in [1.82, 2.24) is 9.97 Å². The molecule has 4 nitrogen and oxygen atoms in total. The van der Waals surface area contributed by atoms with Crippen molar-refractivity contribution in [3.63, 3.8) is 0 Å². The van der Waals surface area contributed by atoms with Crippen LogP contribution in [0.1, 0.15) is 40.0 Å². The fourth-order valence-corrected chi connectivity index (χ4v) is 2.46. The van der Waals surface area contributed by atoms with E-state index >= 15 is 0 Å². The van der Waals surface area contributed by atoms with Gasteiger partial charge >= 0.3 is 0 Å². The molecule has 0 aliphatic carbocycles. The standard InChI is InChI=1S/C14H24N4/c1-4-7-15-13-8-14(17-10-16-13)18-9-11(2)5-6-12(18)3/h8,10-12H,4-7,9H2,1-3H3,(H,15,16,17). The molecule has 1 aliphatic rings. The van der Waals surface area contributed by atoms with Crippen LogP contribution >= 0.6 is 0 Å². The molecule has 1 aromatic heterocycles. The van der Waals surface area contributed by atoms with Crippen LogP contribution < -0.4 is 10.2 Å². The lowest BCUT2D eigenvalue weighted by Crippen LogP contribution is -2.41. The predicted molar refractivity (Wildman–Crippen MR) is 76.0 cm³/mol. The second kappa shape index (κ2) is 6.03. The van der Waals surface area contributed by atoms with Crippen molar-refractivity contribution in [3.8, 4) is 0 Å². The minimum Gasteiger partial charge on any atom is -0.370 e. The molecule has 2 rings (SSSR count). The molecule has 0 saturated carbocycles. The Bertz CT molecular complexity index is 380. The van der Waals surface area contributed by atoms with E-state index in [4.69, 9.17) is 0 Å². The average Bonchev–Trinajstić information content (AvgIpc) is 2.39. The SMILES string of the molecule is CCCNc1cc(N2CC(C)CCC2C)ncn1. The summed E-state index contributed by atoms with van der Waals surface area (Å²) in [6, 6.07) is 2.65. The van der Waals surface area contributed by atoms with E-state index in [2.05, 4.69) is 47.0 Å². The predicted octanol–water partition coefficient (Wildman–Crippen LogP) is 2.92. The maximum absolute atomic E-state index is 4.43. The highest BCUT2D eigenvalue weighted by molar-refractivity contribution is 5.49. The van der Waals surface area contributed by atoms with Crippen LogP contribution in [0.3, 0.4) is 0 Å². The van der Waals surface area contributed by atoms with Gasteiger partial charge in [0.05, 0.1) is 0 Å². The number of hydrogen-bond acceptors (Lipinski definition) is 4. The zero-order valence-electron chi connectivity index (χ0n) is 11.7. The van der Waals surface area contributed by atoms with Gasteiger partial charge in [-0.15, -0.1) is 0 Å². The Hall–Kier alpha value is -1.32. The quantitative estimate of drug-likeness (QED) is 0.889. The van der Waals surface area contributed by atoms with E-state index in [1.807, 2.05) is 0 Å². The monoisotopic (exact) mass is 248 g/mol. The van der Waals surface area contributed by atoms with Crippen molar-refractivity contribution in [2.45, 2.75) is 46.1 Å². The van der Waals surface area contributed by atoms with Gasteiger partial charge in [0.15, 0.2) is 0 Å². The van der Waals surface area contributed by atoms with Crippen molar-refractivity contribution >= 4 is 11.6 Å². The van der Waals surface area contributed by atoms with Crippen molar-refractivity contribution in [1.29, 1.82) is 0 Å². The largest absolute Gasteiger partial charge is 0.370 e. The zero-order chi connectivity index (χ0) is 13.0. The van der Waals surface area contributed by atoms with Crippen LogP contribution in [0.15, 0.2) is 12.4 Å². The van der Waals surface area contributed by atoms with Crippen molar-refractivity contribution in [2.24, 2.45) is 5.92 Å². The Morgan fingerprint density at radius 1 is 1.33 bits per heavy atom. The molecule has 1 aromatic rings. The summed E-state index contributed by atoms with van der Waals surface area (Å²) in [4.78, 5) is 11.1. The Labute approximate surface area is 110 Å². The number of nitrogens with one attached hydrogen (secondary N) is 1. The van der Waals surface area contributed by atoms with Crippen LogP contribution in [0.2, 0.25) is 0 Å². The summed E-state index contributed by atoms with van der Waals surface area (Å²) < 4.78 is 0. The Kier molecular flexibility index (Phi) is 4.39. The second-order valence-corrected chi connectivity index (χ2v) is 5.37. The molecular formula is C14H24N4. The minimum absolute atomic E-state index is 0.579. The topological polar surface area (TPSA) is 41.0 Å². The lowest BCUT2D eigenvalue weighted by atomic mass is 9.95. The van der Waals surface area contributed by atoms with E-state index in [9.17, 15) is 0 Å². The molecule has 4 heteroatoms. The summed E-state index contributed by atoms with van der Waals surface area (Å²) in [5.74, 6) is 2.75. The van der Waals surface area contributed by atoms with Crippen LogP contribution in [0.5, 0.6) is 0 Å². The van der Waals surface area contributed by atoms with Crippen LogP contribution in [-0.4, -0.2) is 29.1 Å². The first-order valence-corrected chi connectivity index (χ1v) is 7.03.